The molecule has 0 amide bonds. The second kappa shape index (κ2) is 45.5. The molecule has 0 N–H and O–H groups in total. The number of carbonyl (C=O) groups excluding carboxylic acids is 5. The molecular formula is C85H103N3O30. The first-order valence-electron chi connectivity index (χ1n) is 38.5. The first kappa shape index (κ1) is 90.0. The summed E-state index contributed by atoms with van der Waals surface area (Å²) < 4.78 is 162. The van der Waals surface area contributed by atoms with E-state index in [4.69, 9.17) is 118 Å². The molecule has 6 aromatic rings. The van der Waals surface area contributed by atoms with Crippen molar-refractivity contribution >= 4 is 29.8 Å². The molecule has 33 nitrogen and oxygen atoms in total. The van der Waals surface area contributed by atoms with Gasteiger partial charge in [-0.2, -0.15) is 0 Å². The van der Waals surface area contributed by atoms with Gasteiger partial charge in [-0.3, -0.25) is 14.4 Å². The summed E-state index contributed by atoms with van der Waals surface area (Å²) in [4.78, 5) is 73.5. The van der Waals surface area contributed by atoms with E-state index in [0.717, 1.165) is 30.5 Å². The molecule has 5 heterocycles. The standard InChI is InChI=1S/C85H103N3O30/c1-50(89)102-48-60-63(94-4)66(95-5)62(87-88-86)81(110-60)115-71-67(96-6)75(98-8)84(117-73(71)79(92)107-45-57-37-25-15-26-38-57)114-65-61(49-103-51(2)90)112-85(78(70(65)109-52(3)91)106-44-56-35-23-14-24-36-56)116-72-68(97-7)76(99-9)83(118-74(72)80(93)108-46-58-39-27-16-28-40-58)113-64-59(47-101-41-53-29-17-11-18-30-53)111-82(100-10)77(105-43-55-33-21-13-22-34-55)69(64)104-42-54-31-19-12-20-32-54/h11-40,59-78,81-85H,41-49H2,1-10H3/t59?,60?,61-,62?,63?,64+,65+,66+,67-,68?,69-,70?,71-,72-,73?,74+,75?,76?,77?,78?,81-,82-,83-,84+,85+/m0/s1. The predicted octanol–water partition coefficient (Wildman–Crippen LogP) is 8.08. The fourth-order valence-corrected chi connectivity index (χ4v) is 14.8. The average molecular weight is 1650 g/mol. The minimum absolute atomic E-state index is 0.0449. The molecule has 5 aliphatic rings. The van der Waals surface area contributed by atoms with Crippen molar-refractivity contribution in [2.45, 2.75) is 214 Å². The Labute approximate surface area is 683 Å². The Morgan fingerprint density at radius 1 is 0.314 bits per heavy atom. The van der Waals surface area contributed by atoms with Crippen LogP contribution in [0.1, 0.15) is 54.2 Å². The van der Waals surface area contributed by atoms with Gasteiger partial charge in [-0.25, -0.2) is 9.59 Å². The van der Waals surface area contributed by atoms with Crippen LogP contribution in [-0.2, 0) is 182 Å². The lowest BCUT2D eigenvalue weighted by molar-refractivity contribution is -0.394. The normalized spacial score (nSPS) is 30.8. The van der Waals surface area contributed by atoms with Gasteiger partial charge >= 0.3 is 29.8 Å². The molecular weight excluding hydrogens is 1540 g/mol. The third-order valence-corrected chi connectivity index (χ3v) is 20.4. The second-order valence-corrected chi connectivity index (χ2v) is 28.2. The topological polar surface area (TPSA) is 365 Å². The van der Waals surface area contributed by atoms with E-state index in [9.17, 15) is 19.9 Å². The Bertz CT molecular complexity index is 4080. The van der Waals surface area contributed by atoms with E-state index >= 15 is 9.59 Å². The van der Waals surface area contributed by atoms with E-state index in [1.807, 2.05) is 97.1 Å². The summed E-state index contributed by atoms with van der Waals surface area (Å²) in [5, 5.41) is 4.00. The highest BCUT2D eigenvalue weighted by molar-refractivity contribution is 5.76. The third-order valence-electron chi connectivity index (χ3n) is 20.4. The van der Waals surface area contributed by atoms with E-state index in [1.54, 1.807) is 84.9 Å². The first-order valence-corrected chi connectivity index (χ1v) is 38.5. The van der Waals surface area contributed by atoms with Gasteiger partial charge in [0, 0.05) is 75.5 Å². The minimum Gasteiger partial charge on any atom is -0.463 e. The number of benzene rings is 6. The van der Waals surface area contributed by atoms with Crippen molar-refractivity contribution in [3.8, 4) is 0 Å². The first-order chi connectivity index (χ1) is 57.5. The Hall–Kier alpha value is -8.82. The van der Waals surface area contributed by atoms with Crippen LogP contribution in [0.15, 0.2) is 187 Å². The molecule has 0 radical (unpaired) electrons. The molecule has 0 aliphatic carbocycles. The molecule has 0 saturated carbocycles. The highest BCUT2D eigenvalue weighted by Crippen LogP contribution is 2.42. The lowest BCUT2D eigenvalue weighted by Crippen LogP contribution is -2.69. The third kappa shape index (κ3) is 23.8. The Balaban J connectivity index is 0.980. The van der Waals surface area contributed by atoms with E-state index < -0.39 is 190 Å². The van der Waals surface area contributed by atoms with Crippen LogP contribution in [0.2, 0.25) is 0 Å². The Kier molecular flexibility index (Phi) is 34.7. The van der Waals surface area contributed by atoms with Gasteiger partial charge in [-0.1, -0.05) is 187 Å². The second-order valence-electron chi connectivity index (χ2n) is 28.2. The fourth-order valence-electron chi connectivity index (χ4n) is 14.8. The van der Waals surface area contributed by atoms with Gasteiger partial charge in [-0.05, 0) is 38.9 Å². The van der Waals surface area contributed by atoms with Crippen molar-refractivity contribution in [1.82, 2.24) is 0 Å². The monoisotopic (exact) mass is 1650 g/mol. The number of nitrogens with zero attached hydrogens (tertiary/aromatic N) is 3. The summed E-state index contributed by atoms with van der Waals surface area (Å²) in [6, 6.07) is 53.7. The number of methoxy groups -OCH3 is 7. The number of hydrogen-bond acceptors (Lipinski definition) is 31. The highest BCUT2D eigenvalue weighted by atomic mass is 16.8. The van der Waals surface area contributed by atoms with Gasteiger partial charge < -0.3 is 118 Å². The van der Waals surface area contributed by atoms with Crippen molar-refractivity contribution in [3.05, 3.63) is 226 Å². The van der Waals surface area contributed by atoms with Gasteiger partial charge in [-0.15, -0.1) is 0 Å². The largest absolute Gasteiger partial charge is 0.463 e. The van der Waals surface area contributed by atoms with Crippen molar-refractivity contribution in [1.29, 1.82) is 0 Å². The fraction of sp³-hybridized carbons (Fsp3) is 0.518. The number of carbonyl (C=O) groups is 5. The summed E-state index contributed by atoms with van der Waals surface area (Å²) in [5.74, 6) is -4.41. The van der Waals surface area contributed by atoms with Crippen LogP contribution in [0.5, 0.6) is 0 Å². The van der Waals surface area contributed by atoms with Crippen LogP contribution in [0.25, 0.3) is 10.4 Å². The van der Waals surface area contributed by atoms with Gasteiger partial charge in [0.1, 0.15) is 124 Å². The van der Waals surface area contributed by atoms with Gasteiger partial charge in [0.2, 0.25) is 0 Å². The average Bonchev–Trinajstić information content (AvgIpc) is 0.756. The minimum atomic E-state index is -1.90. The van der Waals surface area contributed by atoms with E-state index in [1.165, 1.54) is 56.7 Å². The summed E-state index contributed by atoms with van der Waals surface area (Å²) in [7, 11) is 9.49. The molecule has 11 rings (SSSR count). The van der Waals surface area contributed by atoms with Crippen LogP contribution in [0.3, 0.4) is 0 Å². The predicted molar refractivity (Wildman–Crippen MR) is 410 cm³/mol. The van der Waals surface area contributed by atoms with E-state index in [0.29, 0.717) is 16.7 Å². The summed E-state index contributed by atoms with van der Waals surface area (Å²) in [6.07, 6.45) is -35.1. The molecule has 5 fully saturated rings. The van der Waals surface area contributed by atoms with Crippen LogP contribution < -0.4 is 0 Å². The molecule has 0 spiro atoms. The van der Waals surface area contributed by atoms with Crippen molar-refractivity contribution < 1.29 is 142 Å². The Morgan fingerprint density at radius 3 is 1.03 bits per heavy atom. The zero-order valence-corrected chi connectivity index (χ0v) is 67.2. The molecule has 0 aromatic heterocycles. The van der Waals surface area contributed by atoms with E-state index in [2.05, 4.69) is 10.0 Å². The maximum absolute atomic E-state index is 15.6. The summed E-state index contributed by atoms with van der Waals surface area (Å²) >= 11 is 0. The molecule has 11 unspecified atom stereocenters. The zero-order valence-electron chi connectivity index (χ0n) is 67.2. The molecule has 118 heavy (non-hydrogen) atoms. The van der Waals surface area contributed by atoms with Gasteiger partial charge in [0.25, 0.3) is 0 Å². The number of hydrogen-bond donors (Lipinski definition) is 0. The lowest BCUT2D eigenvalue weighted by atomic mass is 9.94. The molecule has 6 aromatic carbocycles. The van der Waals surface area contributed by atoms with E-state index in [-0.39, 0.29) is 52.9 Å². The maximum atomic E-state index is 15.6. The number of esters is 5. The molecule has 33 heteroatoms. The Morgan fingerprint density at radius 2 is 0.644 bits per heavy atom. The maximum Gasteiger partial charge on any atom is 0.338 e. The SMILES string of the molecule is COC1C(OC)[C@H](O[C@H]2O[C@@H](COC(C)=O)[C@@H](O[C@@H]3OC(C(=O)OCc4ccccc4)[C@@H](O[C@@H]4OC(COC(C)=O)C(OC)[C@H](OC)C4N=[N+]=[N-])[C@H](OC)C3OC)C(OC(C)=O)C2OCc2ccccc2)[C@H](C(=O)OCc2ccccc2)O[C@@H]1O[C@@H]1C(COCc2ccccc2)O[C@H](OC)C(OCc2ccccc2)[C@H]1OCc1ccccc1. The van der Waals surface area contributed by atoms with Crippen molar-refractivity contribution in [2.24, 2.45) is 5.11 Å². The zero-order chi connectivity index (χ0) is 83.5. The van der Waals surface area contributed by atoms with Gasteiger partial charge in [0.05, 0.1) is 39.1 Å². The molecule has 638 valence electrons. The quantitative estimate of drug-likeness (QED) is 0.0115. The summed E-state index contributed by atoms with van der Waals surface area (Å²) in [5.41, 5.74) is 14.3. The molecule has 5 aliphatic heterocycles. The summed E-state index contributed by atoms with van der Waals surface area (Å²) in [6.45, 7) is 1.78. The van der Waals surface area contributed by atoms with Crippen LogP contribution in [-0.4, -0.2) is 253 Å². The van der Waals surface area contributed by atoms with Gasteiger partial charge in [0.15, 0.2) is 49.8 Å². The smallest absolute Gasteiger partial charge is 0.338 e. The van der Waals surface area contributed by atoms with Crippen LogP contribution >= 0.6 is 0 Å². The molecule has 5 saturated heterocycles. The molecule has 25 atom stereocenters. The number of rotatable bonds is 40. The number of ether oxygens (including phenoxy) is 25. The van der Waals surface area contributed by atoms with Crippen molar-refractivity contribution in [3.63, 3.8) is 0 Å². The van der Waals surface area contributed by atoms with Crippen LogP contribution in [0.4, 0.5) is 0 Å². The molecule has 0 bridgehead atoms. The lowest BCUT2D eigenvalue weighted by Gasteiger charge is -2.51. The highest BCUT2D eigenvalue weighted by Gasteiger charge is 2.62. The number of azide groups is 1. The van der Waals surface area contributed by atoms with Crippen molar-refractivity contribution in [2.75, 3.05) is 69.6 Å². The van der Waals surface area contributed by atoms with Crippen LogP contribution in [0, 0.1) is 0 Å².